The standard InChI is InChI=1S/C19H14N2S/c1-13-18-17(12-16(20-13)14-8-4-2-5-9-14)21-19(22-18)15-10-6-3-7-11-15/h2-12H,1H3. The second-order valence-corrected chi connectivity index (χ2v) is 6.19. The van der Waals surface area contributed by atoms with Crippen molar-refractivity contribution < 1.29 is 0 Å². The maximum atomic E-state index is 4.81. The monoisotopic (exact) mass is 302 g/mol. The van der Waals surface area contributed by atoms with Gasteiger partial charge in [-0.25, -0.2) is 4.98 Å². The lowest BCUT2D eigenvalue weighted by molar-refractivity contribution is 1.24. The fourth-order valence-corrected chi connectivity index (χ4v) is 3.54. The molecule has 0 aliphatic carbocycles. The Balaban J connectivity index is 1.88. The minimum atomic E-state index is 0.982. The first-order valence-electron chi connectivity index (χ1n) is 7.20. The maximum Gasteiger partial charge on any atom is 0.124 e. The molecule has 0 saturated carbocycles. The molecule has 0 atom stereocenters. The topological polar surface area (TPSA) is 25.8 Å². The number of thiazole rings is 1. The summed E-state index contributed by atoms with van der Waals surface area (Å²) < 4.78 is 1.17. The molecule has 2 heterocycles. The second kappa shape index (κ2) is 5.35. The molecule has 0 unspecified atom stereocenters. The van der Waals surface area contributed by atoms with Gasteiger partial charge in [-0.15, -0.1) is 11.3 Å². The number of rotatable bonds is 2. The van der Waals surface area contributed by atoms with Crippen molar-refractivity contribution in [2.45, 2.75) is 6.92 Å². The van der Waals surface area contributed by atoms with Gasteiger partial charge in [0.25, 0.3) is 0 Å². The summed E-state index contributed by atoms with van der Waals surface area (Å²) in [5, 5.41) is 1.05. The lowest BCUT2D eigenvalue weighted by Crippen LogP contribution is -1.87. The summed E-state index contributed by atoms with van der Waals surface area (Å²) >= 11 is 1.71. The van der Waals surface area contributed by atoms with Crippen LogP contribution < -0.4 is 0 Å². The van der Waals surface area contributed by atoms with Crippen molar-refractivity contribution in [2.24, 2.45) is 0 Å². The van der Waals surface area contributed by atoms with E-state index in [0.717, 1.165) is 33.0 Å². The first kappa shape index (κ1) is 13.2. The van der Waals surface area contributed by atoms with Gasteiger partial charge in [0.15, 0.2) is 0 Å². The van der Waals surface area contributed by atoms with E-state index in [1.807, 2.05) is 36.4 Å². The van der Waals surface area contributed by atoms with Crippen molar-refractivity contribution in [3.8, 4) is 21.8 Å². The van der Waals surface area contributed by atoms with Crippen LogP contribution >= 0.6 is 11.3 Å². The van der Waals surface area contributed by atoms with E-state index in [9.17, 15) is 0 Å². The fraction of sp³-hybridized carbons (Fsp3) is 0.0526. The van der Waals surface area contributed by atoms with Crippen molar-refractivity contribution >= 4 is 21.6 Å². The molecule has 0 spiro atoms. The van der Waals surface area contributed by atoms with Gasteiger partial charge >= 0.3 is 0 Å². The molecule has 0 fully saturated rings. The molecule has 0 N–H and O–H groups in total. The molecular weight excluding hydrogens is 288 g/mol. The molecule has 0 saturated heterocycles. The summed E-state index contributed by atoms with van der Waals surface area (Å²) in [5.74, 6) is 0. The van der Waals surface area contributed by atoms with Gasteiger partial charge in [0, 0.05) is 11.1 Å². The highest BCUT2D eigenvalue weighted by Gasteiger charge is 2.11. The Hall–Kier alpha value is -2.52. The lowest BCUT2D eigenvalue weighted by atomic mass is 10.1. The number of fused-ring (bicyclic) bond motifs is 1. The molecule has 0 aliphatic rings. The molecule has 22 heavy (non-hydrogen) atoms. The van der Waals surface area contributed by atoms with Crippen LogP contribution in [0, 0.1) is 6.92 Å². The van der Waals surface area contributed by atoms with E-state index in [2.05, 4.69) is 37.3 Å². The van der Waals surface area contributed by atoms with E-state index in [1.54, 1.807) is 11.3 Å². The van der Waals surface area contributed by atoms with Gasteiger partial charge in [-0.05, 0) is 13.0 Å². The van der Waals surface area contributed by atoms with Crippen LogP contribution in [0.2, 0.25) is 0 Å². The van der Waals surface area contributed by atoms with E-state index < -0.39 is 0 Å². The van der Waals surface area contributed by atoms with Gasteiger partial charge < -0.3 is 0 Å². The van der Waals surface area contributed by atoms with Crippen molar-refractivity contribution in [1.82, 2.24) is 9.97 Å². The molecule has 3 heteroatoms. The van der Waals surface area contributed by atoms with Gasteiger partial charge in [0.05, 0.1) is 21.6 Å². The Bertz CT molecular complexity index is 928. The van der Waals surface area contributed by atoms with Crippen LogP contribution in [0.5, 0.6) is 0 Å². The number of hydrogen-bond donors (Lipinski definition) is 0. The number of pyridine rings is 1. The molecule has 0 aliphatic heterocycles. The van der Waals surface area contributed by atoms with Crippen LogP contribution in [0.1, 0.15) is 5.69 Å². The lowest BCUT2D eigenvalue weighted by Gasteiger charge is -2.02. The fourth-order valence-electron chi connectivity index (χ4n) is 2.54. The molecule has 2 aromatic heterocycles. The van der Waals surface area contributed by atoms with Crippen molar-refractivity contribution in [2.75, 3.05) is 0 Å². The Kier molecular flexibility index (Phi) is 3.20. The summed E-state index contributed by atoms with van der Waals surface area (Å²) in [7, 11) is 0. The number of nitrogens with zero attached hydrogens (tertiary/aromatic N) is 2. The number of hydrogen-bond acceptors (Lipinski definition) is 3. The van der Waals surface area contributed by atoms with Crippen molar-refractivity contribution in [1.29, 1.82) is 0 Å². The minimum absolute atomic E-state index is 0.982. The van der Waals surface area contributed by atoms with Crippen LogP contribution in [0.3, 0.4) is 0 Å². The number of aromatic nitrogens is 2. The van der Waals surface area contributed by atoms with Gasteiger partial charge in [0.2, 0.25) is 0 Å². The summed E-state index contributed by atoms with van der Waals surface area (Å²) in [6.07, 6.45) is 0. The minimum Gasteiger partial charge on any atom is -0.251 e. The number of benzene rings is 2. The van der Waals surface area contributed by atoms with E-state index in [-0.39, 0.29) is 0 Å². The number of aryl methyl sites for hydroxylation is 1. The largest absolute Gasteiger partial charge is 0.251 e. The average Bonchev–Trinajstić information content (AvgIpc) is 3.01. The van der Waals surface area contributed by atoms with E-state index >= 15 is 0 Å². The predicted molar refractivity (Wildman–Crippen MR) is 93.0 cm³/mol. The zero-order chi connectivity index (χ0) is 14.9. The van der Waals surface area contributed by atoms with Crippen LogP contribution in [-0.2, 0) is 0 Å². The Labute approximate surface area is 133 Å². The smallest absolute Gasteiger partial charge is 0.124 e. The molecule has 4 rings (SSSR count). The Morgan fingerprint density at radius 3 is 2.09 bits per heavy atom. The average molecular weight is 302 g/mol. The molecular formula is C19H14N2S. The summed E-state index contributed by atoms with van der Waals surface area (Å²) in [6, 6.07) is 22.6. The van der Waals surface area contributed by atoms with Crippen LogP contribution in [0.4, 0.5) is 0 Å². The Morgan fingerprint density at radius 1 is 0.773 bits per heavy atom. The van der Waals surface area contributed by atoms with Gasteiger partial charge in [-0.2, -0.15) is 0 Å². The zero-order valence-corrected chi connectivity index (χ0v) is 13.0. The first-order chi connectivity index (χ1) is 10.8. The van der Waals surface area contributed by atoms with Crippen molar-refractivity contribution in [3.05, 3.63) is 72.4 Å². The van der Waals surface area contributed by atoms with E-state index in [4.69, 9.17) is 9.97 Å². The van der Waals surface area contributed by atoms with E-state index in [0.29, 0.717) is 0 Å². The Morgan fingerprint density at radius 2 is 1.41 bits per heavy atom. The van der Waals surface area contributed by atoms with Crippen LogP contribution in [0.25, 0.3) is 32.0 Å². The molecule has 4 aromatic rings. The highest BCUT2D eigenvalue weighted by molar-refractivity contribution is 7.21. The zero-order valence-electron chi connectivity index (χ0n) is 12.2. The quantitative estimate of drug-likeness (QED) is 0.500. The SMILES string of the molecule is Cc1nc(-c2ccccc2)cc2nc(-c3ccccc3)sc12. The van der Waals surface area contributed by atoms with E-state index in [1.165, 1.54) is 4.70 Å². The molecule has 2 aromatic carbocycles. The van der Waals surface area contributed by atoms with Gasteiger partial charge in [0.1, 0.15) is 5.01 Å². The highest BCUT2D eigenvalue weighted by atomic mass is 32.1. The third-order valence-corrected chi connectivity index (χ3v) is 4.86. The third-order valence-electron chi connectivity index (χ3n) is 3.63. The van der Waals surface area contributed by atoms with Crippen molar-refractivity contribution in [3.63, 3.8) is 0 Å². The summed E-state index contributed by atoms with van der Waals surface area (Å²) in [6.45, 7) is 2.06. The first-order valence-corrected chi connectivity index (χ1v) is 8.02. The highest BCUT2D eigenvalue weighted by Crippen LogP contribution is 2.33. The maximum absolute atomic E-state index is 4.81. The molecule has 106 valence electrons. The third kappa shape index (κ3) is 2.30. The summed E-state index contributed by atoms with van der Waals surface area (Å²) in [5.41, 5.74) is 5.33. The molecule has 0 radical (unpaired) electrons. The normalized spacial score (nSPS) is 11.0. The van der Waals surface area contributed by atoms with Crippen LogP contribution in [0.15, 0.2) is 66.7 Å². The van der Waals surface area contributed by atoms with Gasteiger partial charge in [-0.1, -0.05) is 60.7 Å². The molecule has 0 amide bonds. The summed E-state index contributed by atoms with van der Waals surface area (Å²) in [4.78, 5) is 9.56. The van der Waals surface area contributed by atoms with Gasteiger partial charge in [-0.3, -0.25) is 4.98 Å². The molecule has 0 bridgehead atoms. The predicted octanol–water partition coefficient (Wildman–Crippen LogP) is 5.33. The molecule has 2 nitrogen and oxygen atoms in total. The van der Waals surface area contributed by atoms with Crippen LogP contribution in [-0.4, -0.2) is 9.97 Å². The second-order valence-electron chi connectivity index (χ2n) is 5.19.